The van der Waals surface area contributed by atoms with Gasteiger partial charge in [-0.3, -0.25) is 9.69 Å². The first-order valence-corrected chi connectivity index (χ1v) is 11.1. The third-order valence-electron chi connectivity index (χ3n) is 6.59. The fourth-order valence-corrected chi connectivity index (χ4v) is 6.38. The van der Waals surface area contributed by atoms with Crippen molar-refractivity contribution in [3.8, 4) is 0 Å². The monoisotopic (exact) mass is 397 g/mol. The molecule has 5 nitrogen and oxygen atoms in total. The van der Waals surface area contributed by atoms with E-state index in [1.54, 1.807) is 11.3 Å². The normalized spacial score (nSPS) is 19.5. The lowest BCUT2D eigenvalue weighted by atomic mass is 10.0. The molecule has 0 fully saturated rings. The molecule has 1 atom stereocenters. The average molecular weight is 398 g/mol. The van der Waals surface area contributed by atoms with Crippen molar-refractivity contribution in [1.29, 1.82) is 0 Å². The van der Waals surface area contributed by atoms with E-state index in [-0.39, 0.29) is 5.78 Å². The largest absolute Gasteiger partial charge is 0.373 e. The minimum atomic E-state index is -0.517. The van der Waals surface area contributed by atoms with Gasteiger partial charge in [-0.05, 0) is 49.8 Å². The summed E-state index contributed by atoms with van der Waals surface area (Å²) in [5.41, 5.74) is 4.63. The van der Waals surface area contributed by atoms with Gasteiger partial charge in [-0.15, -0.1) is 11.3 Å². The van der Waals surface area contributed by atoms with E-state index in [4.69, 9.17) is 0 Å². The molecule has 1 N–H and O–H groups in total. The van der Waals surface area contributed by atoms with Crippen LogP contribution in [0.15, 0.2) is 12.1 Å². The maximum absolute atomic E-state index is 12.4. The van der Waals surface area contributed by atoms with Gasteiger partial charge in [-0.1, -0.05) is 13.8 Å². The number of benzene rings is 1. The molecule has 0 saturated carbocycles. The predicted molar refractivity (Wildman–Crippen MR) is 114 cm³/mol. The highest BCUT2D eigenvalue weighted by Crippen LogP contribution is 2.48. The lowest BCUT2D eigenvalue weighted by Crippen LogP contribution is -2.26. The number of thiophene rings is 1. The Labute approximate surface area is 169 Å². The molecule has 0 amide bonds. The van der Waals surface area contributed by atoms with E-state index in [0.29, 0.717) is 6.42 Å². The topological polar surface area (TPSA) is 48.7 Å². The molecule has 28 heavy (non-hydrogen) atoms. The van der Waals surface area contributed by atoms with Crippen LogP contribution in [-0.2, 0) is 19.5 Å². The number of likely N-dealkylation sites (N-methyl/N-ethyl adjacent to an activating group) is 1. The number of aromatic nitrogens is 1. The van der Waals surface area contributed by atoms with Crippen molar-refractivity contribution in [3.05, 3.63) is 33.7 Å². The molecule has 1 aliphatic heterocycles. The second-order valence-corrected chi connectivity index (χ2v) is 9.03. The molecule has 1 aliphatic carbocycles. The van der Waals surface area contributed by atoms with Crippen molar-refractivity contribution < 1.29 is 9.90 Å². The maximum atomic E-state index is 12.4. The molecule has 0 saturated heterocycles. The lowest BCUT2D eigenvalue weighted by molar-refractivity contribution is 0.0360. The third-order valence-corrected chi connectivity index (χ3v) is 7.89. The van der Waals surface area contributed by atoms with Gasteiger partial charge in [0.2, 0.25) is 0 Å². The fraction of sp³-hybridized carbons (Fsp3) is 0.500. The Bertz CT molecular complexity index is 1090. The number of carbonyl (C=O) groups excluding carboxylic acids is 1. The zero-order valence-corrected chi connectivity index (χ0v) is 17.6. The van der Waals surface area contributed by atoms with Crippen LogP contribution in [0.25, 0.3) is 21.1 Å². The quantitative estimate of drug-likeness (QED) is 0.712. The molecule has 5 rings (SSSR count). The van der Waals surface area contributed by atoms with Crippen LogP contribution in [0.4, 0.5) is 0 Å². The van der Waals surface area contributed by atoms with Gasteiger partial charge in [0.25, 0.3) is 0 Å². The number of aliphatic hydroxyl groups excluding tert-OH is 1. The highest BCUT2D eigenvalue weighted by atomic mass is 32.1. The van der Waals surface area contributed by atoms with Gasteiger partial charge >= 0.3 is 0 Å². The number of nitrogens with zero attached hydrogens (tertiary/aromatic N) is 3. The van der Waals surface area contributed by atoms with E-state index in [2.05, 4.69) is 29.4 Å². The van der Waals surface area contributed by atoms with E-state index in [1.807, 2.05) is 18.0 Å². The number of ketones is 1. The standard InChI is InChI=1S/C22H27N3O2S/c1-4-24(5-2)10-11-25-16-8-6-13-14(7-9-17(13)26)18(16)19-15-12-23(3)21(27)20(15)28-22(19)25/h6,8,21,27H,4-5,7,9-12H2,1-3H3. The number of Topliss-reactive ketones (excluding diaryl/α,β-unsaturated/α-hetero) is 1. The first-order valence-electron chi connectivity index (χ1n) is 10.3. The van der Waals surface area contributed by atoms with E-state index in [9.17, 15) is 9.90 Å². The second-order valence-electron chi connectivity index (χ2n) is 8.00. The van der Waals surface area contributed by atoms with Crippen LogP contribution in [0, 0.1) is 0 Å². The summed E-state index contributed by atoms with van der Waals surface area (Å²) in [5, 5.41) is 13.2. The molecule has 148 valence electrons. The number of hydrogen-bond donors (Lipinski definition) is 1. The summed E-state index contributed by atoms with van der Waals surface area (Å²) in [6.07, 6.45) is 0.941. The van der Waals surface area contributed by atoms with E-state index < -0.39 is 6.23 Å². The Hall–Kier alpha value is -1.73. The van der Waals surface area contributed by atoms with Gasteiger partial charge in [0.15, 0.2) is 5.78 Å². The molecule has 2 aliphatic rings. The van der Waals surface area contributed by atoms with Crippen LogP contribution in [0.2, 0.25) is 0 Å². The molecule has 3 heterocycles. The summed E-state index contributed by atoms with van der Waals surface area (Å²) >= 11 is 1.73. The Morgan fingerprint density at radius 3 is 2.71 bits per heavy atom. The minimum Gasteiger partial charge on any atom is -0.373 e. The molecule has 0 spiro atoms. The van der Waals surface area contributed by atoms with Crippen molar-refractivity contribution >= 4 is 38.2 Å². The lowest BCUT2D eigenvalue weighted by Gasteiger charge is -2.19. The summed E-state index contributed by atoms with van der Waals surface area (Å²) < 4.78 is 2.43. The summed E-state index contributed by atoms with van der Waals surface area (Å²) in [7, 11) is 1.97. The van der Waals surface area contributed by atoms with Gasteiger partial charge in [-0.2, -0.15) is 0 Å². The number of carbonyl (C=O) groups is 1. The summed E-state index contributed by atoms with van der Waals surface area (Å²) in [4.78, 5) is 19.1. The van der Waals surface area contributed by atoms with Crippen molar-refractivity contribution in [2.75, 3.05) is 26.7 Å². The van der Waals surface area contributed by atoms with Gasteiger partial charge < -0.3 is 14.6 Å². The molecule has 3 aromatic rings. The fourth-order valence-electron chi connectivity index (χ4n) is 4.96. The van der Waals surface area contributed by atoms with E-state index in [1.165, 1.54) is 32.2 Å². The van der Waals surface area contributed by atoms with Gasteiger partial charge in [0.1, 0.15) is 11.1 Å². The molecule has 1 unspecified atom stereocenters. The smallest absolute Gasteiger partial charge is 0.163 e. The van der Waals surface area contributed by atoms with Crippen molar-refractivity contribution in [2.45, 2.75) is 46.0 Å². The SMILES string of the molecule is CCN(CC)CCn1c2ccc3c(c2c2c4c(sc21)C(O)N(C)C4)CCC3=O. The number of rotatable bonds is 5. The molecule has 6 heteroatoms. The van der Waals surface area contributed by atoms with Crippen LogP contribution in [0.5, 0.6) is 0 Å². The van der Waals surface area contributed by atoms with Gasteiger partial charge in [-0.25, -0.2) is 0 Å². The second kappa shape index (κ2) is 6.66. The number of hydrogen-bond acceptors (Lipinski definition) is 5. The zero-order chi connectivity index (χ0) is 19.6. The number of fused-ring (bicyclic) bond motifs is 7. The molecule has 2 aromatic heterocycles. The maximum Gasteiger partial charge on any atom is 0.163 e. The highest BCUT2D eigenvalue weighted by Gasteiger charge is 2.34. The number of aryl methyl sites for hydroxylation is 1. The van der Waals surface area contributed by atoms with Crippen LogP contribution in [-0.4, -0.2) is 51.9 Å². The predicted octanol–water partition coefficient (Wildman–Crippen LogP) is 3.76. The van der Waals surface area contributed by atoms with E-state index in [0.717, 1.165) is 49.6 Å². The molecule has 1 aromatic carbocycles. The van der Waals surface area contributed by atoms with Crippen LogP contribution in [0.1, 0.15) is 52.9 Å². The Kier molecular flexibility index (Phi) is 4.36. The number of aliphatic hydroxyl groups is 1. The molecule has 0 bridgehead atoms. The molecule has 0 radical (unpaired) electrons. The van der Waals surface area contributed by atoms with Gasteiger partial charge in [0, 0.05) is 42.4 Å². The van der Waals surface area contributed by atoms with E-state index >= 15 is 0 Å². The van der Waals surface area contributed by atoms with Crippen LogP contribution < -0.4 is 0 Å². The highest BCUT2D eigenvalue weighted by molar-refractivity contribution is 7.19. The Morgan fingerprint density at radius 1 is 1.18 bits per heavy atom. The van der Waals surface area contributed by atoms with Crippen molar-refractivity contribution in [3.63, 3.8) is 0 Å². The minimum absolute atomic E-state index is 0.268. The van der Waals surface area contributed by atoms with Crippen LogP contribution in [0.3, 0.4) is 0 Å². The first kappa shape index (κ1) is 18.3. The van der Waals surface area contributed by atoms with Crippen molar-refractivity contribution in [1.82, 2.24) is 14.4 Å². The summed E-state index contributed by atoms with van der Waals surface area (Å²) in [6, 6.07) is 4.18. The first-order chi connectivity index (χ1) is 13.5. The Balaban J connectivity index is 1.76. The molecular weight excluding hydrogens is 370 g/mol. The Morgan fingerprint density at radius 2 is 1.96 bits per heavy atom. The van der Waals surface area contributed by atoms with Gasteiger partial charge in [0.05, 0.1) is 10.4 Å². The summed E-state index contributed by atoms with van der Waals surface area (Å²) in [6.45, 7) is 9.21. The average Bonchev–Trinajstić information content (AvgIpc) is 3.39. The zero-order valence-electron chi connectivity index (χ0n) is 16.8. The van der Waals surface area contributed by atoms with Crippen molar-refractivity contribution in [2.24, 2.45) is 0 Å². The van der Waals surface area contributed by atoms with Crippen LogP contribution >= 0.6 is 11.3 Å². The third kappa shape index (κ3) is 2.45. The summed E-state index contributed by atoms with van der Waals surface area (Å²) in [5.74, 6) is 0.268. The molecular formula is C22H27N3O2S.